The molecule has 0 aromatic heterocycles. The van der Waals surface area contributed by atoms with Crippen LogP contribution in [0.15, 0.2) is 18.2 Å². The number of amides is 2. The van der Waals surface area contributed by atoms with Crippen LogP contribution in [0.3, 0.4) is 0 Å². The van der Waals surface area contributed by atoms with Gasteiger partial charge in [0.1, 0.15) is 0 Å². The van der Waals surface area contributed by atoms with Gasteiger partial charge >= 0.3 is 0 Å². The Hall–Kier alpha value is -2.04. The van der Waals surface area contributed by atoms with E-state index < -0.39 is 0 Å². The Morgan fingerprint density at radius 2 is 2.17 bits per heavy atom. The fourth-order valence-electron chi connectivity index (χ4n) is 2.95. The summed E-state index contributed by atoms with van der Waals surface area (Å²) in [7, 11) is 0. The molecule has 1 fully saturated rings. The second kappa shape index (κ2) is 7.99. The van der Waals surface area contributed by atoms with Gasteiger partial charge in [-0.25, -0.2) is 0 Å². The molecule has 0 aliphatic carbocycles. The molecule has 1 heterocycles. The first kappa shape index (κ1) is 17.3. The Bertz CT molecular complexity index is 571. The molecule has 1 aromatic carbocycles. The van der Waals surface area contributed by atoms with E-state index in [0.717, 1.165) is 31.2 Å². The largest absolute Gasteiger partial charge is 0.399 e. The van der Waals surface area contributed by atoms with Crippen molar-refractivity contribution < 1.29 is 9.59 Å². The van der Waals surface area contributed by atoms with E-state index in [1.165, 1.54) is 0 Å². The number of unbranched alkanes of at least 4 members (excludes halogenated alkanes) is 1. The van der Waals surface area contributed by atoms with Crippen LogP contribution >= 0.6 is 0 Å². The molecule has 5 nitrogen and oxygen atoms in total. The average molecular weight is 317 g/mol. The van der Waals surface area contributed by atoms with E-state index in [1.54, 1.807) is 17.0 Å². The lowest BCUT2D eigenvalue weighted by atomic mass is 9.96. The average Bonchev–Trinajstić information content (AvgIpc) is 2.56. The fraction of sp³-hybridized carbons (Fsp3) is 0.556. The van der Waals surface area contributed by atoms with E-state index >= 15 is 0 Å². The molecule has 0 saturated carbocycles. The summed E-state index contributed by atoms with van der Waals surface area (Å²) in [6, 6.07) is 5.39. The summed E-state index contributed by atoms with van der Waals surface area (Å²) in [6.45, 7) is 5.91. The van der Waals surface area contributed by atoms with Crippen LogP contribution in [0.1, 0.15) is 48.5 Å². The molecule has 5 heteroatoms. The Labute approximate surface area is 138 Å². The van der Waals surface area contributed by atoms with E-state index in [2.05, 4.69) is 12.2 Å². The summed E-state index contributed by atoms with van der Waals surface area (Å²) in [4.78, 5) is 26.8. The highest BCUT2D eigenvalue weighted by molar-refractivity contribution is 5.97. The van der Waals surface area contributed by atoms with E-state index in [4.69, 9.17) is 5.73 Å². The zero-order valence-corrected chi connectivity index (χ0v) is 14.1. The normalized spacial score (nSPS) is 17.8. The van der Waals surface area contributed by atoms with Gasteiger partial charge in [-0.1, -0.05) is 19.4 Å². The van der Waals surface area contributed by atoms with Crippen LogP contribution < -0.4 is 11.1 Å². The number of nitrogens with two attached hydrogens (primary N) is 1. The van der Waals surface area contributed by atoms with Gasteiger partial charge in [-0.05, 0) is 43.9 Å². The molecule has 1 aliphatic heterocycles. The highest BCUT2D eigenvalue weighted by Crippen LogP contribution is 2.21. The molecule has 23 heavy (non-hydrogen) atoms. The molecular formula is C18H27N3O2. The molecule has 2 rings (SSSR count). The number of hydrogen-bond acceptors (Lipinski definition) is 3. The molecule has 2 amide bonds. The molecule has 126 valence electrons. The number of carbonyl (C=O) groups is 2. The molecule has 1 aromatic rings. The number of nitrogen functional groups attached to an aromatic ring is 1. The summed E-state index contributed by atoms with van der Waals surface area (Å²) in [5.74, 6) is -0.0629. The summed E-state index contributed by atoms with van der Waals surface area (Å²) >= 11 is 0. The Morgan fingerprint density at radius 3 is 2.91 bits per heavy atom. The summed E-state index contributed by atoms with van der Waals surface area (Å²) in [5.41, 5.74) is 7.94. The monoisotopic (exact) mass is 317 g/mol. The minimum atomic E-state index is -0.106. The van der Waals surface area contributed by atoms with Crippen LogP contribution in [0.25, 0.3) is 0 Å². The maximum absolute atomic E-state index is 12.7. The van der Waals surface area contributed by atoms with Crippen LogP contribution in [0, 0.1) is 12.8 Å². The highest BCUT2D eigenvalue weighted by atomic mass is 16.2. The lowest BCUT2D eigenvalue weighted by molar-refractivity contribution is -0.126. The summed E-state index contributed by atoms with van der Waals surface area (Å²) < 4.78 is 0. The Morgan fingerprint density at radius 1 is 1.39 bits per heavy atom. The molecule has 0 bridgehead atoms. The molecule has 1 atom stereocenters. The zero-order valence-electron chi connectivity index (χ0n) is 14.1. The maximum Gasteiger partial charge on any atom is 0.254 e. The van der Waals surface area contributed by atoms with E-state index in [9.17, 15) is 9.59 Å². The van der Waals surface area contributed by atoms with Crippen LogP contribution in [-0.4, -0.2) is 36.3 Å². The molecular weight excluding hydrogens is 290 g/mol. The molecule has 1 saturated heterocycles. The lowest BCUT2D eigenvalue weighted by Gasteiger charge is -2.32. The molecule has 0 radical (unpaired) electrons. The third-order valence-electron chi connectivity index (χ3n) is 4.40. The van der Waals surface area contributed by atoms with Gasteiger partial charge in [0.25, 0.3) is 5.91 Å². The zero-order chi connectivity index (χ0) is 16.8. The first-order valence-corrected chi connectivity index (χ1v) is 8.46. The van der Waals surface area contributed by atoms with Gasteiger partial charge in [0.2, 0.25) is 5.91 Å². The minimum Gasteiger partial charge on any atom is -0.399 e. The van der Waals surface area contributed by atoms with E-state index in [-0.39, 0.29) is 17.7 Å². The lowest BCUT2D eigenvalue weighted by Crippen LogP contribution is -2.45. The predicted molar refractivity (Wildman–Crippen MR) is 92.1 cm³/mol. The molecule has 1 unspecified atom stereocenters. The summed E-state index contributed by atoms with van der Waals surface area (Å²) in [5, 5.41) is 2.98. The van der Waals surface area contributed by atoms with Gasteiger partial charge in [0, 0.05) is 30.9 Å². The number of hydrogen-bond donors (Lipinski definition) is 2. The topological polar surface area (TPSA) is 75.4 Å². The maximum atomic E-state index is 12.7. The van der Waals surface area contributed by atoms with Gasteiger partial charge in [0.05, 0.1) is 5.92 Å². The smallest absolute Gasteiger partial charge is 0.254 e. The van der Waals surface area contributed by atoms with Crippen molar-refractivity contribution in [2.45, 2.75) is 39.5 Å². The van der Waals surface area contributed by atoms with Gasteiger partial charge in [-0.3, -0.25) is 9.59 Å². The Balaban J connectivity index is 2.01. The van der Waals surface area contributed by atoms with Gasteiger partial charge in [-0.2, -0.15) is 0 Å². The van der Waals surface area contributed by atoms with Crippen molar-refractivity contribution in [2.75, 3.05) is 25.4 Å². The van der Waals surface area contributed by atoms with Crippen molar-refractivity contribution in [3.63, 3.8) is 0 Å². The van der Waals surface area contributed by atoms with E-state index in [1.807, 2.05) is 13.0 Å². The third kappa shape index (κ3) is 4.47. The predicted octanol–water partition coefficient (Wildman–Crippen LogP) is 2.35. The number of nitrogens with one attached hydrogen (secondary N) is 1. The van der Waals surface area contributed by atoms with Crippen molar-refractivity contribution in [1.82, 2.24) is 10.2 Å². The standard InChI is InChI=1S/C18H27N3O2/c1-3-4-9-20-17(22)14-6-5-10-21(12-14)18(23)16-11-15(19)8-7-13(16)2/h7-8,11,14H,3-6,9-10,12,19H2,1-2H3,(H,20,22). The number of anilines is 1. The van der Waals surface area contributed by atoms with Crippen LogP contribution in [0.4, 0.5) is 5.69 Å². The van der Waals surface area contributed by atoms with E-state index in [0.29, 0.717) is 30.9 Å². The van der Waals surface area contributed by atoms with Gasteiger partial charge in [0.15, 0.2) is 0 Å². The number of benzene rings is 1. The number of rotatable bonds is 5. The SMILES string of the molecule is CCCCNC(=O)C1CCCN(C(=O)c2cc(N)ccc2C)C1. The second-order valence-corrected chi connectivity index (χ2v) is 6.31. The van der Waals surface area contributed by atoms with Crippen molar-refractivity contribution >= 4 is 17.5 Å². The van der Waals surface area contributed by atoms with Crippen molar-refractivity contribution in [1.29, 1.82) is 0 Å². The molecule has 1 aliphatic rings. The summed E-state index contributed by atoms with van der Waals surface area (Å²) in [6.07, 6.45) is 3.75. The van der Waals surface area contributed by atoms with Crippen LogP contribution in [0.5, 0.6) is 0 Å². The van der Waals surface area contributed by atoms with Gasteiger partial charge < -0.3 is 16.0 Å². The van der Waals surface area contributed by atoms with Crippen LogP contribution in [-0.2, 0) is 4.79 Å². The highest BCUT2D eigenvalue weighted by Gasteiger charge is 2.29. The Kier molecular flexibility index (Phi) is 6.02. The first-order valence-electron chi connectivity index (χ1n) is 8.46. The van der Waals surface area contributed by atoms with Crippen LogP contribution in [0.2, 0.25) is 0 Å². The number of aryl methyl sites for hydroxylation is 1. The van der Waals surface area contributed by atoms with Gasteiger partial charge in [-0.15, -0.1) is 0 Å². The van der Waals surface area contributed by atoms with Crippen molar-refractivity contribution in [3.8, 4) is 0 Å². The third-order valence-corrected chi connectivity index (χ3v) is 4.40. The number of carbonyl (C=O) groups excluding carboxylic acids is 2. The van der Waals surface area contributed by atoms with Crippen molar-refractivity contribution in [2.24, 2.45) is 5.92 Å². The van der Waals surface area contributed by atoms with Crippen molar-refractivity contribution in [3.05, 3.63) is 29.3 Å². The number of nitrogens with zero attached hydrogens (tertiary/aromatic N) is 1. The fourth-order valence-corrected chi connectivity index (χ4v) is 2.95. The number of likely N-dealkylation sites (tertiary alicyclic amines) is 1. The quantitative estimate of drug-likeness (QED) is 0.646. The molecule has 0 spiro atoms. The second-order valence-electron chi connectivity index (χ2n) is 6.31. The molecule has 3 N–H and O–H groups in total. The minimum absolute atomic E-state index is 0.0270. The first-order chi connectivity index (χ1) is 11.0. The number of piperidine rings is 1.